The first-order valence-electron chi connectivity index (χ1n) is 11.3. The van der Waals surface area contributed by atoms with E-state index < -0.39 is 35.3 Å². The number of amides is 2. The number of carbonyl (C=O) groups excluding carboxylic acids is 2. The van der Waals surface area contributed by atoms with Crippen LogP contribution in [0.15, 0.2) is 66.4 Å². The van der Waals surface area contributed by atoms with E-state index in [1.165, 1.54) is 0 Å². The fraction of sp³-hybridized carbons (Fsp3) is 0.333. The van der Waals surface area contributed by atoms with E-state index in [9.17, 15) is 22.6 Å². The van der Waals surface area contributed by atoms with Crippen molar-refractivity contribution < 1.29 is 31.6 Å². The fourth-order valence-corrected chi connectivity index (χ4v) is 7.29. The molecule has 0 saturated carbocycles. The molecule has 2 amide bonds. The standard InChI is InChI=1S/C24H29N2O7PS/c1-3-32-34(29,33-4-2)22(18-11-7-5-8-12-18)21(26-23(27)19-13-9-6-10-14-19)24(28)25-20-15-16-35(30,31)17-20/h5-14,20H,3-4,15-17H2,1-2H3,(H,25,28)(H,26,27)/b22-21-/t20-/m1/s1. The largest absolute Gasteiger partial charge is 0.364 e. The number of rotatable bonds is 10. The third kappa shape index (κ3) is 6.89. The molecule has 11 heteroatoms. The Morgan fingerprint density at radius 1 is 0.943 bits per heavy atom. The Hall–Kier alpha value is -2.78. The van der Waals surface area contributed by atoms with Gasteiger partial charge in [0, 0.05) is 11.6 Å². The Kier molecular flexibility index (Phi) is 9.02. The molecule has 1 fully saturated rings. The van der Waals surface area contributed by atoms with Gasteiger partial charge in [-0.25, -0.2) is 8.42 Å². The van der Waals surface area contributed by atoms with Crippen LogP contribution < -0.4 is 10.6 Å². The Balaban J connectivity index is 2.16. The van der Waals surface area contributed by atoms with Crippen molar-refractivity contribution in [1.82, 2.24) is 10.6 Å². The second-order valence-electron chi connectivity index (χ2n) is 7.82. The predicted molar refractivity (Wildman–Crippen MR) is 133 cm³/mol. The lowest BCUT2D eigenvalue weighted by Crippen LogP contribution is -2.41. The highest BCUT2D eigenvalue weighted by Crippen LogP contribution is 2.61. The van der Waals surface area contributed by atoms with E-state index in [0.29, 0.717) is 5.56 Å². The molecule has 2 N–H and O–H groups in total. The molecule has 0 aromatic heterocycles. The first-order valence-corrected chi connectivity index (χ1v) is 14.6. The molecular weight excluding hydrogens is 491 g/mol. The molecule has 1 heterocycles. The normalized spacial score (nSPS) is 17.9. The average Bonchev–Trinajstić information content (AvgIpc) is 3.18. The van der Waals surface area contributed by atoms with Crippen molar-refractivity contribution in [1.29, 1.82) is 0 Å². The summed E-state index contributed by atoms with van der Waals surface area (Å²) in [6.07, 6.45) is 0.239. The number of sulfone groups is 1. The minimum atomic E-state index is -4.09. The fourth-order valence-electron chi connectivity index (χ4n) is 3.71. The zero-order chi connectivity index (χ0) is 25.5. The van der Waals surface area contributed by atoms with Crippen molar-refractivity contribution in [2.75, 3.05) is 24.7 Å². The van der Waals surface area contributed by atoms with Gasteiger partial charge in [-0.3, -0.25) is 14.2 Å². The molecule has 35 heavy (non-hydrogen) atoms. The van der Waals surface area contributed by atoms with Crippen LogP contribution in [0, 0.1) is 0 Å². The smallest absolute Gasteiger partial charge is 0.347 e. The van der Waals surface area contributed by atoms with Crippen LogP contribution in [0.4, 0.5) is 0 Å². The monoisotopic (exact) mass is 520 g/mol. The molecule has 2 aromatic carbocycles. The first-order chi connectivity index (χ1) is 16.7. The molecule has 2 aromatic rings. The topological polar surface area (TPSA) is 128 Å². The van der Waals surface area contributed by atoms with Gasteiger partial charge in [0.2, 0.25) is 0 Å². The van der Waals surface area contributed by atoms with E-state index in [1.807, 2.05) is 0 Å². The number of benzene rings is 2. The maximum Gasteiger partial charge on any atom is 0.364 e. The molecule has 188 valence electrons. The molecule has 0 bridgehead atoms. The molecule has 0 radical (unpaired) electrons. The summed E-state index contributed by atoms with van der Waals surface area (Å²) in [6, 6.07) is 16.0. The van der Waals surface area contributed by atoms with Gasteiger partial charge in [-0.1, -0.05) is 48.5 Å². The second-order valence-corrected chi connectivity index (χ2v) is 12.0. The molecule has 0 spiro atoms. The SMILES string of the molecule is CCOP(=O)(OCC)/C(=C(\NC(=O)c1ccccc1)C(=O)N[C@@H]1CCS(=O)(=O)C1)c1ccccc1. The lowest BCUT2D eigenvalue weighted by Gasteiger charge is -2.24. The molecule has 9 nitrogen and oxygen atoms in total. The third-order valence-corrected chi connectivity index (χ3v) is 9.22. The van der Waals surface area contributed by atoms with Gasteiger partial charge in [-0.2, -0.15) is 0 Å². The summed E-state index contributed by atoms with van der Waals surface area (Å²) in [5.41, 5.74) is 0.311. The van der Waals surface area contributed by atoms with Gasteiger partial charge in [0.1, 0.15) is 11.0 Å². The minimum absolute atomic E-state index is 0.0238. The molecule has 0 aliphatic carbocycles. The Morgan fingerprint density at radius 3 is 1.97 bits per heavy atom. The van der Waals surface area contributed by atoms with Gasteiger partial charge in [0.15, 0.2) is 9.84 Å². The highest BCUT2D eigenvalue weighted by molar-refractivity contribution is 7.91. The van der Waals surface area contributed by atoms with Gasteiger partial charge in [0.25, 0.3) is 11.8 Å². The lowest BCUT2D eigenvalue weighted by molar-refractivity contribution is -0.118. The summed E-state index contributed by atoms with van der Waals surface area (Å²) in [4.78, 5) is 26.6. The van der Waals surface area contributed by atoms with Crippen molar-refractivity contribution in [2.24, 2.45) is 0 Å². The molecule has 0 unspecified atom stereocenters. The van der Waals surface area contributed by atoms with Crippen molar-refractivity contribution in [3.63, 3.8) is 0 Å². The number of nitrogens with one attached hydrogen (secondary N) is 2. The van der Waals surface area contributed by atoms with Crippen molar-refractivity contribution in [2.45, 2.75) is 26.3 Å². The Bertz CT molecular complexity index is 1220. The highest BCUT2D eigenvalue weighted by atomic mass is 32.2. The summed E-state index contributed by atoms with van der Waals surface area (Å²) in [5, 5.41) is 5.16. The van der Waals surface area contributed by atoms with Crippen LogP contribution in [0.25, 0.3) is 5.31 Å². The minimum Gasteiger partial charge on any atom is -0.347 e. The van der Waals surface area contributed by atoms with Crippen LogP contribution in [0.1, 0.15) is 36.2 Å². The Morgan fingerprint density at radius 2 is 1.49 bits per heavy atom. The van der Waals surface area contributed by atoms with Crippen LogP contribution in [0.3, 0.4) is 0 Å². The molecular formula is C24H29N2O7PS. The van der Waals surface area contributed by atoms with Gasteiger partial charge < -0.3 is 19.7 Å². The Labute approximate surface area is 205 Å². The maximum atomic E-state index is 14.0. The molecule has 1 saturated heterocycles. The number of hydrogen-bond acceptors (Lipinski definition) is 7. The molecule has 3 rings (SSSR count). The van der Waals surface area contributed by atoms with Crippen LogP contribution in [0.5, 0.6) is 0 Å². The van der Waals surface area contributed by atoms with Crippen molar-refractivity contribution in [3.05, 3.63) is 77.5 Å². The van der Waals surface area contributed by atoms with Gasteiger partial charge in [-0.15, -0.1) is 0 Å². The lowest BCUT2D eigenvalue weighted by atomic mass is 10.1. The van der Waals surface area contributed by atoms with Crippen LogP contribution in [-0.2, 0) is 28.2 Å². The van der Waals surface area contributed by atoms with Gasteiger partial charge in [-0.05, 0) is 38.0 Å². The highest BCUT2D eigenvalue weighted by Gasteiger charge is 2.38. The van der Waals surface area contributed by atoms with E-state index in [2.05, 4.69) is 10.6 Å². The number of hydrogen-bond donors (Lipinski definition) is 2. The summed E-state index contributed by atoms with van der Waals surface area (Å²) < 4.78 is 48.9. The molecule has 1 atom stereocenters. The van der Waals surface area contributed by atoms with Crippen molar-refractivity contribution >= 4 is 34.6 Å². The quantitative estimate of drug-likeness (QED) is 0.363. The van der Waals surface area contributed by atoms with Crippen LogP contribution in [0.2, 0.25) is 0 Å². The van der Waals surface area contributed by atoms with E-state index in [1.54, 1.807) is 74.5 Å². The first kappa shape index (κ1) is 26.8. The van der Waals surface area contributed by atoms with Gasteiger partial charge in [0.05, 0.1) is 24.7 Å². The average molecular weight is 521 g/mol. The zero-order valence-electron chi connectivity index (χ0n) is 19.6. The van der Waals surface area contributed by atoms with E-state index >= 15 is 0 Å². The van der Waals surface area contributed by atoms with E-state index in [-0.39, 0.29) is 47.7 Å². The maximum absolute atomic E-state index is 14.0. The summed E-state index contributed by atoms with van der Waals surface area (Å²) in [6.45, 7) is 3.33. The number of carbonyl (C=O) groups is 2. The molecule has 1 aliphatic heterocycles. The van der Waals surface area contributed by atoms with E-state index in [4.69, 9.17) is 9.05 Å². The zero-order valence-corrected chi connectivity index (χ0v) is 21.3. The van der Waals surface area contributed by atoms with Crippen LogP contribution in [-0.4, -0.2) is 51.0 Å². The third-order valence-electron chi connectivity index (χ3n) is 5.23. The van der Waals surface area contributed by atoms with Gasteiger partial charge >= 0.3 is 7.60 Å². The van der Waals surface area contributed by atoms with Crippen LogP contribution >= 0.6 is 7.60 Å². The van der Waals surface area contributed by atoms with Crippen molar-refractivity contribution in [3.8, 4) is 0 Å². The second kappa shape index (κ2) is 11.8. The summed E-state index contributed by atoms with van der Waals surface area (Å²) >= 11 is 0. The summed E-state index contributed by atoms with van der Waals surface area (Å²) in [7, 11) is -7.37. The molecule has 1 aliphatic rings. The van der Waals surface area contributed by atoms with E-state index in [0.717, 1.165) is 0 Å². The summed E-state index contributed by atoms with van der Waals surface area (Å²) in [5.74, 6) is -1.65. The predicted octanol–water partition coefficient (Wildman–Crippen LogP) is 3.35.